The van der Waals surface area contributed by atoms with Crippen LogP contribution >= 0.6 is 0 Å². The number of piperazine rings is 1. The maximum Gasteiger partial charge on any atom is 0.340 e. The van der Waals surface area contributed by atoms with Crippen molar-refractivity contribution in [2.75, 3.05) is 31.1 Å². The van der Waals surface area contributed by atoms with E-state index in [4.69, 9.17) is 4.42 Å². The molecule has 1 aliphatic heterocycles. The molecule has 1 aromatic heterocycles. The van der Waals surface area contributed by atoms with Gasteiger partial charge >= 0.3 is 5.63 Å². The highest BCUT2D eigenvalue weighted by Gasteiger charge is 2.24. The van der Waals surface area contributed by atoms with Crippen molar-refractivity contribution in [3.05, 3.63) is 69.3 Å². The predicted octanol–water partition coefficient (Wildman–Crippen LogP) is 3.15. The number of fused-ring (bicyclic) bond motifs is 1. The number of halogens is 1. The van der Waals surface area contributed by atoms with E-state index in [1.165, 1.54) is 12.1 Å². The number of aromatic hydroxyl groups is 1. The first-order valence-electron chi connectivity index (χ1n) is 9.87. The van der Waals surface area contributed by atoms with Crippen LogP contribution < -0.4 is 10.5 Å². The first-order valence-corrected chi connectivity index (χ1v) is 9.87. The van der Waals surface area contributed by atoms with E-state index in [2.05, 4.69) is 4.90 Å². The van der Waals surface area contributed by atoms with E-state index in [-0.39, 0.29) is 29.5 Å². The average molecular weight is 410 g/mol. The van der Waals surface area contributed by atoms with E-state index >= 15 is 0 Å². The molecular weight excluding hydrogens is 387 g/mol. The molecular formula is C23H23FN2O4. The van der Waals surface area contributed by atoms with Crippen LogP contribution in [-0.4, -0.2) is 42.1 Å². The standard InChI is InChI=1S/C23H23FN2O4/c1-14-11-19(27)22-15(2)18(23(29)30-20(22)12-14)13-21(28)26-9-7-25(8-10-26)17-5-3-16(24)4-6-17/h3-6,11-12,27H,7-10,13H2,1-2H3. The lowest BCUT2D eigenvalue weighted by Crippen LogP contribution is -2.49. The lowest BCUT2D eigenvalue weighted by molar-refractivity contribution is -0.130. The molecule has 2 aromatic carbocycles. The Labute approximate surface area is 173 Å². The third-order valence-corrected chi connectivity index (χ3v) is 5.65. The minimum absolute atomic E-state index is 0.0351. The van der Waals surface area contributed by atoms with Crippen LogP contribution in [-0.2, 0) is 11.2 Å². The van der Waals surface area contributed by atoms with Crippen molar-refractivity contribution in [2.24, 2.45) is 0 Å². The van der Waals surface area contributed by atoms with Crippen molar-refractivity contribution in [1.29, 1.82) is 0 Å². The first-order chi connectivity index (χ1) is 14.3. The normalized spacial score (nSPS) is 14.4. The average Bonchev–Trinajstić information content (AvgIpc) is 2.71. The van der Waals surface area contributed by atoms with Crippen LogP contribution in [0, 0.1) is 19.7 Å². The Kier molecular flexibility index (Phi) is 5.20. The largest absolute Gasteiger partial charge is 0.507 e. The topological polar surface area (TPSA) is 74.0 Å². The number of hydrogen-bond acceptors (Lipinski definition) is 5. The first kappa shape index (κ1) is 19.9. The molecule has 1 amide bonds. The number of carbonyl (C=O) groups excluding carboxylic acids is 1. The van der Waals surface area contributed by atoms with Gasteiger partial charge in [-0.1, -0.05) is 0 Å². The second-order valence-corrected chi connectivity index (χ2v) is 7.67. The van der Waals surface area contributed by atoms with Crippen molar-refractivity contribution >= 4 is 22.6 Å². The molecule has 0 bridgehead atoms. The zero-order valence-electron chi connectivity index (χ0n) is 16.9. The molecule has 3 aromatic rings. The molecule has 0 radical (unpaired) electrons. The van der Waals surface area contributed by atoms with E-state index in [0.717, 1.165) is 11.3 Å². The number of anilines is 1. The lowest BCUT2D eigenvalue weighted by Gasteiger charge is -2.36. The number of rotatable bonds is 3. The Bertz CT molecular complexity index is 1160. The van der Waals surface area contributed by atoms with Gasteiger partial charge in [-0.2, -0.15) is 0 Å². The fraction of sp³-hybridized carbons (Fsp3) is 0.304. The monoisotopic (exact) mass is 410 g/mol. The number of amides is 1. The molecule has 0 atom stereocenters. The van der Waals surface area contributed by atoms with Gasteiger partial charge in [-0.25, -0.2) is 9.18 Å². The number of aryl methyl sites for hydroxylation is 2. The van der Waals surface area contributed by atoms with Gasteiger partial charge in [-0.15, -0.1) is 0 Å². The van der Waals surface area contributed by atoms with Crippen molar-refractivity contribution in [1.82, 2.24) is 4.90 Å². The number of phenolic OH excluding ortho intramolecular Hbond substituents is 1. The molecule has 1 saturated heterocycles. The molecule has 0 aliphatic carbocycles. The zero-order chi connectivity index (χ0) is 21.4. The molecule has 1 fully saturated rings. The summed E-state index contributed by atoms with van der Waals surface area (Å²) in [6, 6.07) is 9.60. The Morgan fingerprint density at radius 3 is 2.43 bits per heavy atom. The molecule has 0 saturated carbocycles. The summed E-state index contributed by atoms with van der Waals surface area (Å²) < 4.78 is 18.5. The third-order valence-electron chi connectivity index (χ3n) is 5.65. The van der Waals surface area contributed by atoms with Crippen LogP contribution in [0.15, 0.2) is 45.6 Å². The van der Waals surface area contributed by atoms with Crippen LogP contribution in [0.25, 0.3) is 11.0 Å². The van der Waals surface area contributed by atoms with Crippen LogP contribution in [0.3, 0.4) is 0 Å². The molecule has 1 N–H and O–H groups in total. The number of phenols is 1. The second-order valence-electron chi connectivity index (χ2n) is 7.67. The van der Waals surface area contributed by atoms with E-state index in [1.54, 1.807) is 43.0 Å². The number of hydrogen-bond donors (Lipinski definition) is 1. The Morgan fingerprint density at radius 1 is 1.10 bits per heavy atom. The highest BCUT2D eigenvalue weighted by atomic mass is 19.1. The summed E-state index contributed by atoms with van der Waals surface area (Å²) in [6.07, 6.45) is -0.0754. The molecule has 7 heteroatoms. The second kappa shape index (κ2) is 7.82. The van der Waals surface area contributed by atoms with Gasteiger partial charge in [0.05, 0.1) is 17.4 Å². The van der Waals surface area contributed by atoms with Crippen LogP contribution in [0.2, 0.25) is 0 Å². The van der Waals surface area contributed by atoms with Gasteiger partial charge in [0, 0.05) is 31.9 Å². The maximum absolute atomic E-state index is 13.1. The predicted molar refractivity (Wildman–Crippen MR) is 113 cm³/mol. The van der Waals surface area contributed by atoms with Crippen LogP contribution in [0.1, 0.15) is 16.7 Å². The summed E-state index contributed by atoms with van der Waals surface area (Å²) >= 11 is 0. The van der Waals surface area contributed by atoms with E-state index in [1.807, 2.05) is 0 Å². The van der Waals surface area contributed by atoms with E-state index in [9.17, 15) is 19.1 Å². The number of nitrogens with zero attached hydrogens (tertiary/aromatic N) is 2. The minimum Gasteiger partial charge on any atom is -0.507 e. The van der Waals surface area contributed by atoms with Gasteiger partial charge in [0.25, 0.3) is 0 Å². The summed E-state index contributed by atoms with van der Waals surface area (Å²) in [7, 11) is 0. The summed E-state index contributed by atoms with van der Waals surface area (Å²) in [4.78, 5) is 29.2. The summed E-state index contributed by atoms with van der Waals surface area (Å²) in [6.45, 7) is 5.81. The van der Waals surface area contributed by atoms with E-state index < -0.39 is 5.63 Å². The highest BCUT2D eigenvalue weighted by Crippen LogP contribution is 2.30. The number of benzene rings is 2. The molecule has 2 heterocycles. The Balaban J connectivity index is 1.50. The summed E-state index contributed by atoms with van der Waals surface area (Å²) in [5.74, 6) is -0.402. The van der Waals surface area contributed by atoms with Crippen molar-refractivity contribution < 1.29 is 18.7 Å². The highest BCUT2D eigenvalue weighted by molar-refractivity contribution is 5.89. The Morgan fingerprint density at radius 2 is 1.77 bits per heavy atom. The van der Waals surface area contributed by atoms with Crippen molar-refractivity contribution in [2.45, 2.75) is 20.3 Å². The van der Waals surface area contributed by atoms with Crippen LogP contribution in [0.4, 0.5) is 10.1 Å². The van der Waals surface area contributed by atoms with Gasteiger partial charge in [0.15, 0.2) is 0 Å². The fourth-order valence-corrected chi connectivity index (χ4v) is 3.99. The van der Waals surface area contributed by atoms with Crippen molar-refractivity contribution in [3.8, 4) is 5.75 Å². The SMILES string of the molecule is Cc1cc(O)c2c(C)c(CC(=O)N3CCN(c4ccc(F)cc4)CC3)c(=O)oc2c1. The third kappa shape index (κ3) is 3.75. The molecule has 30 heavy (non-hydrogen) atoms. The van der Waals surface area contributed by atoms with Gasteiger partial charge in [-0.3, -0.25) is 4.79 Å². The molecule has 1 aliphatic rings. The van der Waals surface area contributed by atoms with E-state index in [0.29, 0.717) is 42.7 Å². The quantitative estimate of drug-likeness (QED) is 0.672. The summed E-state index contributed by atoms with van der Waals surface area (Å²) in [5, 5.41) is 10.8. The summed E-state index contributed by atoms with van der Waals surface area (Å²) in [5.41, 5.74) is 2.30. The molecule has 0 unspecified atom stereocenters. The smallest absolute Gasteiger partial charge is 0.340 e. The minimum atomic E-state index is -0.553. The van der Waals surface area contributed by atoms with Crippen molar-refractivity contribution in [3.63, 3.8) is 0 Å². The zero-order valence-corrected chi connectivity index (χ0v) is 16.9. The molecule has 4 rings (SSSR count). The Hall–Kier alpha value is -3.35. The fourth-order valence-electron chi connectivity index (χ4n) is 3.99. The van der Waals surface area contributed by atoms with Gasteiger partial charge in [-0.05, 0) is 61.4 Å². The number of carbonyl (C=O) groups is 1. The lowest BCUT2D eigenvalue weighted by atomic mass is 10.0. The van der Waals surface area contributed by atoms with Gasteiger partial charge in [0.1, 0.15) is 17.1 Å². The molecule has 6 nitrogen and oxygen atoms in total. The van der Waals surface area contributed by atoms with Gasteiger partial charge in [0.2, 0.25) is 5.91 Å². The molecule has 0 spiro atoms. The van der Waals surface area contributed by atoms with Gasteiger partial charge < -0.3 is 19.3 Å². The van der Waals surface area contributed by atoms with Crippen LogP contribution in [0.5, 0.6) is 5.75 Å². The maximum atomic E-state index is 13.1. The molecule has 156 valence electrons.